The molecular formula is C31H39N3O4. The van der Waals surface area contributed by atoms with Crippen LogP contribution in [0.15, 0.2) is 72.8 Å². The van der Waals surface area contributed by atoms with Crippen molar-refractivity contribution in [2.75, 3.05) is 20.6 Å². The average molecular weight is 518 g/mol. The first-order valence-electron chi connectivity index (χ1n) is 13.0. The number of nitrogens with zero attached hydrogens (tertiary/aromatic N) is 2. The van der Waals surface area contributed by atoms with Gasteiger partial charge in [-0.05, 0) is 49.6 Å². The number of nitrogens with one attached hydrogen (secondary N) is 1. The van der Waals surface area contributed by atoms with Crippen molar-refractivity contribution in [2.24, 2.45) is 0 Å². The van der Waals surface area contributed by atoms with Crippen LogP contribution in [0, 0.1) is 0 Å². The van der Waals surface area contributed by atoms with E-state index in [-0.39, 0.29) is 18.2 Å². The summed E-state index contributed by atoms with van der Waals surface area (Å²) in [5.74, 6) is -0.574. The summed E-state index contributed by atoms with van der Waals surface area (Å²) >= 11 is 0. The lowest BCUT2D eigenvalue weighted by Gasteiger charge is -2.35. The molecule has 3 aromatic rings. The number of benzene rings is 3. The zero-order chi connectivity index (χ0) is 27.9. The Morgan fingerprint density at radius 1 is 0.789 bits per heavy atom. The zero-order valence-corrected chi connectivity index (χ0v) is 23.2. The molecule has 0 fully saturated rings. The quantitative estimate of drug-likeness (QED) is 0.441. The standard InChI is InChI=1S/C31H39N3O4/c1-7-32-28(35)26(20-22-13-9-8-10-14-22)33(5)29(36)27(34(6)30(37)38-31(2,3)4)21-23-17-18-24-15-11-12-16-25(24)19-23/h8-19,26-27H,7,20-21H2,1-6H3,(H,32,35)/t26-,27-/m1/s1. The van der Waals surface area contributed by atoms with Crippen molar-refractivity contribution in [3.8, 4) is 0 Å². The van der Waals surface area contributed by atoms with Crippen LogP contribution in [0.4, 0.5) is 4.79 Å². The van der Waals surface area contributed by atoms with Crippen molar-refractivity contribution in [1.29, 1.82) is 0 Å². The molecule has 7 heteroatoms. The molecule has 0 bridgehead atoms. The van der Waals surface area contributed by atoms with Gasteiger partial charge in [-0.15, -0.1) is 0 Å². The van der Waals surface area contributed by atoms with Crippen LogP contribution in [-0.4, -0.2) is 66.0 Å². The number of fused-ring (bicyclic) bond motifs is 1. The number of ether oxygens (including phenoxy) is 1. The fourth-order valence-electron chi connectivity index (χ4n) is 4.36. The number of likely N-dealkylation sites (N-methyl/N-ethyl adjacent to an activating group) is 3. The van der Waals surface area contributed by atoms with Crippen molar-refractivity contribution < 1.29 is 19.1 Å². The third-order valence-electron chi connectivity index (χ3n) is 6.42. The Morgan fingerprint density at radius 2 is 1.39 bits per heavy atom. The first-order valence-corrected chi connectivity index (χ1v) is 13.0. The van der Waals surface area contributed by atoms with E-state index in [1.807, 2.05) is 79.7 Å². The Labute approximate surface area is 225 Å². The van der Waals surface area contributed by atoms with Gasteiger partial charge in [-0.25, -0.2) is 4.79 Å². The lowest BCUT2D eigenvalue weighted by atomic mass is 9.98. The fraction of sp³-hybridized carbons (Fsp3) is 0.387. The lowest BCUT2D eigenvalue weighted by Crippen LogP contribution is -2.56. The van der Waals surface area contributed by atoms with Gasteiger partial charge in [-0.2, -0.15) is 0 Å². The Morgan fingerprint density at radius 3 is 2.03 bits per heavy atom. The Bertz CT molecular complexity index is 1250. The molecule has 0 saturated heterocycles. The maximum absolute atomic E-state index is 14.1. The van der Waals surface area contributed by atoms with Crippen molar-refractivity contribution in [3.63, 3.8) is 0 Å². The van der Waals surface area contributed by atoms with Crippen molar-refractivity contribution >= 4 is 28.7 Å². The van der Waals surface area contributed by atoms with Crippen LogP contribution >= 0.6 is 0 Å². The van der Waals surface area contributed by atoms with Gasteiger partial charge < -0.3 is 15.0 Å². The van der Waals surface area contributed by atoms with E-state index in [2.05, 4.69) is 5.32 Å². The number of amides is 3. The van der Waals surface area contributed by atoms with Gasteiger partial charge in [0.1, 0.15) is 17.7 Å². The molecule has 202 valence electrons. The topological polar surface area (TPSA) is 79.0 Å². The summed E-state index contributed by atoms with van der Waals surface area (Å²) in [4.78, 5) is 43.0. The largest absolute Gasteiger partial charge is 0.444 e. The summed E-state index contributed by atoms with van der Waals surface area (Å²) < 4.78 is 5.60. The molecular weight excluding hydrogens is 478 g/mol. The first kappa shape index (κ1) is 28.7. The van der Waals surface area contributed by atoms with E-state index in [0.29, 0.717) is 13.0 Å². The van der Waals surface area contributed by atoms with Gasteiger partial charge in [0.05, 0.1) is 0 Å². The van der Waals surface area contributed by atoms with E-state index in [0.717, 1.165) is 21.9 Å². The highest BCUT2D eigenvalue weighted by Crippen LogP contribution is 2.21. The van der Waals surface area contributed by atoms with Gasteiger partial charge in [-0.3, -0.25) is 14.5 Å². The van der Waals surface area contributed by atoms with Crippen molar-refractivity contribution in [1.82, 2.24) is 15.1 Å². The minimum absolute atomic E-state index is 0.239. The minimum atomic E-state index is -0.872. The van der Waals surface area contributed by atoms with Crippen molar-refractivity contribution in [2.45, 2.75) is 58.2 Å². The smallest absolute Gasteiger partial charge is 0.410 e. The van der Waals surface area contributed by atoms with E-state index in [1.165, 1.54) is 9.80 Å². The van der Waals surface area contributed by atoms with E-state index in [4.69, 9.17) is 4.74 Å². The number of carbonyl (C=O) groups is 3. The number of hydrogen-bond acceptors (Lipinski definition) is 4. The number of rotatable bonds is 9. The van der Waals surface area contributed by atoms with E-state index >= 15 is 0 Å². The first-order chi connectivity index (χ1) is 18.0. The van der Waals surface area contributed by atoms with Crippen molar-refractivity contribution in [3.05, 3.63) is 83.9 Å². The monoisotopic (exact) mass is 517 g/mol. The van der Waals surface area contributed by atoms with Crippen LogP contribution in [0.25, 0.3) is 10.8 Å². The molecule has 0 radical (unpaired) electrons. The molecule has 0 aliphatic heterocycles. The normalized spacial score (nSPS) is 12.9. The van der Waals surface area contributed by atoms with Gasteiger partial charge >= 0.3 is 6.09 Å². The predicted molar refractivity (Wildman–Crippen MR) is 151 cm³/mol. The highest BCUT2D eigenvalue weighted by molar-refractivity contribution is 5.92. The summed E-state index contributed by atoms with van der Waals surface area (Å²) in [6, 6.07) is 22.0. The summed E-state index contributed by atoms with van der Waals surface area (Å²) in [6.07, 6.45) is 0.0352. The Balaban J connectivity index is 1.95. The van der Waals surface area contributed by atoms with Crippen LogP contribution in [0.5, 0.6) is 0 Å². The molecule has 0 aliphatic rings. The Kier molecular flexibility index (Phi) is 9.50. The maximum Gasteiger partial charge on any atom is 0.410 e. The maximum atomic E-state index is 14.1. The van der Waals surface area contributed by atoms with Gasteiger partial charge in [0, 0.05) is 33.5 Å². The molecule has 1 N–H and O–H groups in total. The van der Waals surface area contributed by atoms with Crippen LogP contribution in [0.3, 0.4) is 0 Å². The summed E-state index contributed by atoms with van der Waals surface area (Å²) in [5, 5.41) is 5.00. The fourth-order valence-corrected chi connectivity index (χ4v) is 4.36. The molecule has 2 atom stereocenters. The molecule has 3 aromatic carbocycles. The van der Waals surface area contributed by atoms with Crippen LogP contribution in [-0.2, 0) is 27.2 Å². The molecule has 0 aromatic heterocycles. The van der Waals surface area contributed by atoms with E-state index in [1.54, 1.807) is 34.9 Å². The second-order valence-corrected chi connectivity index (χ2v) is 10.5. The zero-order valence-electron chi connectivity index (χ0n) is 23.2. The molecule has 38 heavy (non-hydrogen) atoms. The van der Waals surface area contributed by atoms with Crippen LogP contribution in [0.2, 0.25) is 0 Å². The molecule has 3 amide bonds. The molecule has 3 rings (SSSR count). The highest BCUT2D eigenvalue weighted by atomic mass is 16.6. The second kappa shape index (κ2) is 12.6. The van der Waals surface area contributed by atoms with Gasteiger partial charge in [0.25, 0.3) is 0 Å². The highest BCUT2D eigenvalue weighted by Gasteiger charge is 2.36. The molecule has 7 nitrogen and oxygen atoms in total. The van der Waals surface area contributed by atoms with Crippen LogP contribution < -0.4 is 5.32 Å². The summed E-state index contributed by atoms with van der Waals surface area (Å²) in [5.41, 5.74) is 1.13. The lowest BCUT2D eigenvalue weighted by molar-refractivity contribution is -0.142. The third kappa shape index (κ3) is 7.57. The molecule has 0 spiro atoms. The van der Waals surface area contributed by atoms with Gasteiger partial charge in [-0.1, -0.05) is 72.8 Å². The molecule has 0 heterocycles. The molecule has 0 aliphatic carbocycles. The second-order valence-electron chi connectivity index (χ2n) is 10.5. The van der Waals surface area contributed by atoms with Gasteiger partial charge in [0.15, 0.2) is 0 Å². The number of carbonyl (C=O) groups excluding carboxylic acids is 3. The van der Waals surface area contributed by atoms with E-state index < -0.39 is 23.8 Å². The number of hydrogen-bond donors (Lipinski definition) is 1. The summed E-state index contributed by atoms with van der Waals surface area (Å²) in [7, 11) is 3.20. The average Bonchev–Trinajstić information content (AvgIpc) is 2.88. The van der Waals surface area contributed by atoms with Gasteiger partial charge in [0.2, 0.25) is 11.8 Å². The summed E-state index contributed by atoms with van der Waals surface area (Å²) in [6.45, 7) is 7.66. The SMILES string of the molecule is CCNC(=O)[C@@H](Cc1ccccc1)N(C)C(=O)[C@@H](Cc1ccc2ccccc2c1)N(C)C(=O)OC(C)(C)C. The Hall–Kier alpha value is -3.87. The molecule has 0 saturated carbocycles. The van der Waals surface area contributed by atoms with Crippen LogP contribution in [0.1, 0.15) is 38.8 Å². The third-order valence-corrected chi connectivity index (χ3v) is 6.42. The minimum Gasteiger partial charge on any atom is -0.444 e. The predicted octanol–water partition coefficient (Wildman–Crippen LogP) is 4.82. The van der Waals surface area contributed by atoms with E-state index in [9.17, 15) is 14.4 Å². The molecule has 0 unspecified atom stereocenters.